The molecule has 124 valence electrons. The topological polar surface area (TPSA) is 15.7 Å². The molecule has 3 nitrogen and oxygen atoms in total. The van der Waals surface area contributed by atoms with Crippen molar-refractivity contribution in [1.82, 2.24) is 9.80 Å². The van der Waals surface area contributed by atoms with Crippen molar-refractivity contribution in [2.24, 2.45) is 0 Å². The van der Waals surface area contributed by atoms with E-state index in [0.717, 1.165) is 51.3 Å². The molecular weight excluding hydrogens is 286 g/mol. The van der Waals surface area contributed by atoms with Gasteiger partial charge in [0.05, 0.1) is 13.7 Å². The van der Waals surface area contributed by atoms with Crippen LogP contribution in [0.15, 0.2) is 18.2 Å². The first-order valence-corrected chi connectivity index (χ1v) is 8.01. The molecule has 0 spiro atoms. The van der Waals surface area contributed by atoms with Gasteiger partial charge in [0.25, 0.3) is 6.43 Å². The van der Waals surface area contributed by atoms with E-state index < -0.39 is 6.43 Å². The molecule has 0 amide bonds. The van der Waals surface area contributed by atoms with E-state index in [1.165, 1.54) is 11.1 Å². The molecule has 1 aliphatic rings. The fourth-order valence-electron chi connectivity index (χ4n) is 3.01. The molecule has 5 heteroatoms. The van der Waals surface area contributed by atoms with Crippen molar-refractivity contribution in [3.05, 3.63) is 29.3 Å². The van der Waals surface area contributed by atoms with Crippen LogP contribution >= 0.6 is 0 Å². The number of alkyl halides is 2. The van der Waals surface area contributed by atoms with E-state index >= 15 is 0 Å². The lowest BCUT2D eigenvalue weighted by Gasteiger charge is -2.22. The lowest BCUT2D eigenvalue weighted by atomic mass is 10.0. The molecular formula is C17H26F2N2O. The molecule has 1 aromatic rings. The van der Waals surface area contributed by atoms with Crippen LogP contribution < -0.4 is 4.74 Å². The Morgan fingerprint density at radius 1 is 1.09 bits per heavy atom. The Balaban J connectivity index is 1.96. The zero-order valence-electron chi connectivity index (χ0n) is 13.5. The number of aryl methyl sites for hydroxylation is 1. The smallest absolute Gasteiger partial charge is 0.251 e. The van der Waals surface area contributed by atoms with Gasteiger partial charge in [-0.3, -0.25) is 9.80 Å². The molecule has 22 heavy (non-hydrogen) atoms. The summed E-state index contributed by atoms with van der Waals surface area (Å²) in [5.74, 6) is 0.888. The number of ether oxygens (including phenoxy) is 1. The minimum atomic E-state index is -2.24. The summed E-state index contributed by atoms with van der Waals surface area (Å²) in [5, 5.41) is 0. The lowest BCUT2D eigenvalue weighted by Crippen LogP contribution is -2.33. The Morgan fingerprint density at radius 2 is 1.82 bits per heavy atom. The molecule has 0 aliphatic carbocycles. The average molecular weight is 312 g/mol. The maximum atomic E-state index is 12.5. The van der Waals surface area contributed by atoms with E-state index in [-0.39, 0.29) is 6.54 Å². The van der Waals surface area contributed by atoms with Gasteiger partial charge in [0, 0.05) is 19.6 Å². The van der Waals surface area contributed by atoms with Crippen molar-refractivity contribution in [2.75, 3.05) is 39.8 Å². The van der Waals surface area contributed by atoms with Crippen molar-refractivity contribution in [1.29, 1.82) is 0 Å². The zero-order valence-corrected chi connectivity index (χ0v) is 13.5. The molecule has 0 unspecified atom stereocenters. The molecule has 2 rings (SSSR count). The van der Waals surface area contributed by atoms with Gasteiger partial charge >= 0.3 is 0 Å². The van der Waals surface area contributed by atoms with Crippen molar-refractivity contribution >= 4 is 0 Å². The highest BCUT2D eigenvalue weighted by Crippen LogP contribution is 2.20. The first-order valence-electron chi connectivity index (χ1n) is 8.01. The van der Waals surface area contributed by atoms with E-state index in [1.807, 2.05) is 11.0 Å². The van der Waals surface area contributed by atoms with Gasteiger partial charge in [0.15, 0.2) is 0 Å². The number of nitrogens with zero attached hydrogens (tertiary/aromatic N) is 2. The minimum absolute atomic E-state index is 0.101. The van der Waals surface area contributed by atoms with E-state index in [0.29, 0.717) is 0 Å². The van der Waals surface area contributed by atoms with Crippen molar-refractivity contribution in [3.8, 4) is 5.75 Å². The molecule has 1 heterocycles. The van der Waals surface area contributed by atoms with Crippen LogP contribution in [0.3, 0.4) is 0 Å². The number of halogens is 2. The summed E-state index contributed by atoms with van der Waals surface area (Å²) in [6.07, 6.45) is -0.317. The van der Waals surface area contributed by atoms with Crippen molar-refractivity contribution < 1.29 is 13.5 Å². The van der Waals surface area contributed by atoms with Crippen LogP contribution in [0.5, 0.6) is 5.75 Å². The summed E-state index contributed by atoms with van der Waals surface area (Å²) >= 11 is 0. The molecule has 0 radical (unpaired) electrons. The van der Waals surface area contributed by atoms with Gasteiger partial charge in [-0.2, -0.15) is 0 Å². The third-order valence-electron chi connectivity index (χ3n) is 4.27. The molecule has 1 fully saturated rings. The highest BCUT2D eigenvalue weighted by molar-refractivity contribution is 5.35. The SMILES string of the molecule is CCc1cc(OC)ccc1CN1CCCN(CC(F)F)CC1. The van der Waals surface area contributed by atoms with Gasteiger partial charge < -0.3 is 4.74 Å². The van der Waals surface area contributed by atoms with Crippen LogP contribution in [0, 0.1) is 0 Å². The van der Waals surface area contributed by atoms with Gasteiger partial charge in [-0.25, -0.2) is 8.78 Å². The summed E-state index contributed by atoms with van der Waals surface area (Å²) in [4.78, 5) is 4.24. The summed E-state index contributed by atoms with van der Waals surface area (Å²) in [6, 6.07) is 6.21. The Labute approximate surface area is 131 Å². The van der Waals surface area contributed by atoms with Crippen LogP contribution in [0.1, 0.15) is 24.5 Å². The molecule has 0 atom stereocenters. The second kappa shape index (κ2) is 8.44. The average Bonchev–Trinajstić information content (AvgIpc) is 2.72. The Morgan fingerprint density at radius 3 is 2.50 bits per heavy atom. The predicted molar refractivity (Wildman–Crippen MR) is 84.7 cm³/mol. The molecule has 0 aromatic heterocycles. The molecule has 0 bridgehead atoms. The van der Waals surface area contributed by atoms with E-state index in [9.17, 15) is 8.78 Å². The van der Waals surface area contributed by atoms with Crippen LogP contribution in [-0.2, 0) is 13.0 Å². The third-order valence-corrected chi connectivity index (χ3v) is 4.27. The predicted octanol–water partition coefficient (Wildman–Crippen LogP) is 3.03. The van der Waals surface area contributed by atoms with E-state index in [4.69, 9.17) is 4.74 Å². The Bertz CT molecular complexity index is 468. The second-order valence-corrected chi connectivity index (χ2v) is 5.81. The normalized spacial score (nSPS) is 17.7. The molecule has 1 aliphatic heterocycles. The maximum Gasteiger partial charge on any atom is 0.251 e. The van der Waals surface area contributed by atoms with Crippen molar-refractivity contribution in [2.45, 2.75) is 32.7 Å². The molecule has 1 saturated heterocycles. The monoisotopic (exact) mass is 312 g/mol. The highest BCUT2D eigenvalue weighted by atomic mass is 19.3. The van der Waals surface area contributed by atoms with Gasteiger partial charge in [-0.1, -0.05) is 13.0 Å². The number of hydrogen-bond acceptors (Lipinski definition) is 3. The molecule has 0 saturated carbocycles. The first-order chi connectivity index (χ1) is 10.6. The van der Waals surface area contributed by atoms with Crippen LogP contribution in [0.25, 0.3) is 0 Å². The van der Waals surface area contributed by atoms with E-state index in [2.05, 4.69) is 24.0 Å². The fraction of sp³-hybridized carbons (Fsp3) is 0.647. The van der Waals surface area contributed by atoms with Gasteiger partial charge in [-0.15, -0.1) is 0 Å². The fourth-order valence-corrected chi connectivity index (χ4v) is 3.01. The van der Waals surface area contributed by atoms with E-state index in [1.54, 1.807) is 7.11 Å². The Hall–Kier alpha value is -1.20. The zero-order chi connectivity index (χ0) is 15.9. The number of benzene rings is 1. The van der Waals surface area contributed by atoms with Gasteiger partial charge in [-0.05, 0) is 49.2 Å². The second-order valence-electron chi connectivity index (χ2n) is 5.81. The summed E-state index contributed by atoms with van der Waals surface area (Å²) in [6.45, 7) is 6.24. The summed E-state index contributed by atoms with van der Waals surface area (Å²) in [7, 11) is 1.68. The number of hydrogen-bond donors (Lipinski definition) is 0. The summed E-state index contributed by atoms with van der Waals surface area (Å²) < 4.78 is 30.3. The number of rotatable bonds is 6. The Kier molecular flexibility index (Phi) is 6.58. The van der Waals surface area contributed by atoms with Crippen LogP contribution in [0.4, 0.5) is 8.78 Å². The largest absolute Gasteiger partial charge is 0.497 e. The maximum absolute atomic E-state index is 12.5. The van der Waals surface area contributed by atoms with Gasteiger partial charge in [0.2, 0.25) is 0 Å². The molecule has 0 N–H and O–H groups in total. The quantitative estimate of drug-likeness (QED) is 0.803. The first kappa shape index (κ1) is 17.2. The van der Waals surface area contributed by atoms with Gasteiger partial charge in [0.1, 0.15) is 5.75 Å². The van der Waals surface area contributed by atoms with Crippen molar-refractivity contribution in [3.63, 3.8) is 0 Å². The summed E-state index contributed by atoms with van der Waals surface area (Å²) in [5.41, 5.74) is 2.61. The standard InChI is InChI=1S/C17H26F2N2O/c1-3-14-11-16(22-2)6-5-15(14)12-20-7-4-8-21(10-9-20)13-17(18)19/h5-6,11,17H,3-4,7-10,12-13H2,1-2H3. The minimum Gasteiger partial charge on any atom is -0.497 e. The van der Waals surface area contributed by atoms with Crippen LogP contribution in [-0.4, -0.2) is 56.1 Å². The highest BCUT2D eigenvalue weighted by Gasteiger charge is 2.18. The molecule has 1 aromatic carbocycles. The van der Waals surface area contributed by atoms with Crippen LogP contribution in [0.2, 0.25) is 0 Å². The number of methoxy groups -OCH3 is 1. The third kappa shape index (κ3) is 4.92. The lowest BCUT2D eigenvalue weighted by molar-refractivity contribution is 0.0897.